The van der Waals surface area contributed by atoms with E-state index in [0.29, 0.717) is 12.5 Å². The molecule has 0 bridgehead atoms. The predicted molar refractivity (Wildman–Crippen MR) is 55.2 cm³/mol. The zero-order valence-electron chi connectivity index (χ0n) is 8.75. The zero-order chi connectivity index (χ0) is 11.4. The third kappa shape index (κ3) is 3.23. The number of nitrogens with one attached hydrogen (secondary N) is 1. The van der Waals surface area contributed by atoms with Crippen LogP contribution in [-0.4, -0.2) is 17.6 Å². The number of amides is 1. The average Bonchev–Trinajstić information content (AvgIpc) is 2.18. The highest BCUT2D eigenvalue weighted by Gasteiger charge is 2.11. The summed E-state index contributed by atoms with van der Waals surface area (Å²) in [6.45, 7) is 4.40. The smallest absolute Gasteiger partial charge is 0.255 e. The topological polar surface area (TPSA) is 49.3 Å². The van der Waals surface area contributed by atoms with Gasteiger partial charge >= 0.3 is 0 Å². The van der Waals surface area contributed by atoms with Crippen LogP contribution in [0.15, 0.2) is 18.2 Å². The lowest BCUT2D eigenvalue weighted by Gasteiger charge is -2.08. The zero-order valence-corrected chi connectivity index (χ0v) is 8.75. The summed E-state index contributed by atoms with van der Waals surface area (Å²) < 4.78 is 12.8. The summed E-state index contributed by atoms with van der Waals surface area (Å²) in [5.74, 6) is -0.898. The van der Waals surface area contributed by atoms with Crippen LogP contribution < -0.4 is 5.32 Å². The summed E-state index contributed by atoms with van der Waals surface area (Å²) in [5, 5.41) is 11.9. The molecule has 0 aromatic heterocycles. The Hall–Kier alpha value is -1.58. The summed E-state index contributed by atoms with van der Waals surface area (Å²) in [6.07, 6.45) is 0. The van der Waals surface area contributed by atoms with Crippen molar-refractivity contribution in [3.63, 3.8) is 0 Å². The van der Waals surface area contributed by atoms with Crippen LogP contribution in [0.4, 0.5) is 4.39 Å². The van der Waals surface area contributed by atoms with Crippen LogP contribution in [0.5, 0.6) is 5.75 Å². The van der Waals surface area contributed by atoms with Crippen molar-refractivity contribution in [1.29, 1.82) is 0 Å². The fraction of sp³-hybridized carbons (Fsp3) is 0.364. The number of carbonyl (C=O) groups excluding carboxylic acids is 1. The standard InChI is InChI=1S/C11H14FNO2/c1-7(2)6-13-11(15)9-5-8(12)3-4-10(9)14/h3-5,7,14H,6H2,1-2H3,(H,13,15). The summed E-state index contributed by atoms with van der Waals surface area (Å²) in [5.41, 5.74) is -0.0318. The Bertz CT molecular complexity index is 364. The van der Waals surface area contributed by atoms with Crippen molar-refractivity contribution in [2.75, 3.05) is 6.54 Å². The summed E-state index contributed by atoms with van der Waals surface area (Å²) in [4.78, 5) is 11.5. The van der Waals surface area contributed by atoms with E-state index in [9.17, 15) is 14.3 Å². The fourth-order valence-corrected chi connectivity index (χ4v) is 1.08. The quantitative estimate of drug-likeness (QED) is 0.802. The van der Waals surface area contributed by atoms with Gasteiger partial charge in [-0.05, 0) is 24.1 Å². The second kappa shape index (κ2) is 4.77. The van der Waals surface area contributed by atoms with Gasteiger partial charge in [-0.15, -0.1) is 0 Å². The number of phenols is 1. The maximum absolute atomic E-state index is 12.8. The Morgan fingerprint density at radius 1 is 1.53 bits per heavy atom. The Kier molecular flexibility index (Phi) is 3.66. The molecule has 0 aliphatic heterocycles. The molecular formula is C11H14FNO2. The highest BCUT2D eigenvalue weighted by Crippen LogP contribution is 2.17. The van der Waals surface area contributed by atoms with Crippen LogP contribution in [0, 0.1) is 11.7 Å². The lowest BCUT2D eigenvalue weighted by Crippen LogP contribution is -2.27. The molecule has 0 radical (unpaired) electrons. The second-order valence-electron chi connectivity index (χ2n) is 3.77. The summed E-state index contributed by atoms with van der Waals surface area (Å²) in [7, 11) is 0. The molecule has 0 saturated heterocycles. The van der Waals surface area contributed by atoms with Gasteiger partial charge in [0.2, 0.25) is 0 Å². The molecule has 0 heterocycles. The van der Waals surface area contributed by atoms with E-state index in [4.69, 9.17) is 0 Å². The van der Waals surface area contributed by atoms with E-state index in [-0.39, 0.29) is 11.3 Å². The molecule has 0 aliphatic rings. The van der Waals surface area contributed by atoms with Crippen molar-refractivity contribution in [3.8, 4) is 5.75 Å². The highest BCUT2D eigenvalue weighted by atomic mass is 19.1. The first-order chi connectivity index (χ1) is 7.00. The van der Waals surface area contributed by atoms with Crippen molar-refractivity contribution in [1.82, 2.24) is 5.32 Å². The number of aromatic hydroxyl groups is 1. The second-order valence-corrected chi connectivity index (χ2v) is 3.77. The first-order valence-corrected chi connectivity index (χ1v) is 4.77. The Morgan fingerprint density at radius 2 is 2.20 bits per heavy atom. The van der Waals surface area contributed by atoms with Crippen molar-refractivity contribution in [3.05, 3.63) is 29.6 Å². The van der Waals surface area contributed by atoms with Gasteiger partial charge in [-0.3, -0.25) is 4.79 Å². The van der Waals surface area contributed by atoms with Crippen LogP contribution in [-0.2, 0) is 0 Å². The van der Waals surface area contributed by atoms with Gasteiger partial charge in [-0.25, -0.2) is 4.39 Å². The van der Waals surface area contributed by atoms with Crippen molar-refractivity contribution in [2.45, 2.75) is 13.8 Å². The minimum Gasteiger partial charge on any atom is -0.507 e. The molecule has 1 aromatic carbocycles. The summed E-state index contributed by atoms with van der Waals surface area (Å²) in [6, 6.07) is 3.29. The number of benzene rings is 1. The van der Waals surface area contributed by atoms with Gasteiger partial charge in [-0.1, -0.05) is 13.8 Å². The molecule has 4 heteroatoms. The molecule has 82 valence electrons. The first-order valence-electron chi connectivity index (χ1n) is 4.77. The van der Waals surface area contributed by atoms with Crippen molar-refractivity contribution in [2.24, 2.45) is 5.92 Å². The molecular weight excluding hydrogens is 197 g/mol. The average molecular weight is 211 g/mol. The Balaban J connectivity index is 2.77. The van der Waals surface area contributed by atoms with Gasteiger partial charge in [0.25, 0.3) is 5.91 Å². The minimum atomic E-state index is -0.539. The molecule has 0 aliphatic carbocycles. The van der Waals surface area contributed by atoms with E-state index in [2.05, 4.69) is 5.32 Å². The van der Waals surface area contributed by atoms with E-state index >= 15 is 0 Å². The monoisotopic (exact) mass is 211 g/mol. The third-order valence-corrected chi connectivity index (χ3v) is 1.87. The van der Waals surface area contributed by atoms with Crippen molar-refractivity contribution >= 4 is 5.91 Å². The highest BCUT2D eigenvalue weighted by molar-refractivity contribution is 5.96. The number of hydrogen-bond acceptors (Lipinski definition) is 2. The first kappa shape index (κ1) is 11.5. The van der Waals surface area contributed by atoms with Crippen molar-refractivity contribution < 1.29 is 14.3 Å². The maximum atomic E-state index is 12.8. The lowest BCUT2D eigenvalue weighted by molar-refractivity contribution is 0.0946. The number of halogens is 1. The van der Waals surface area contributed by atoms with Gasteiger partial charge in [0, 0.05) is 6.54 Å². The van der Waals surface area contributed by atoms with Gasteiger partial charge in [0.1, 0.15) is 11.6 Å². The van der Waals surface area contributed by atoms with E-state index in [1.54, 1.807) is 0 Å². The number of phenolic OH excluding ortho intramolecular Hbond substituents is 1. The number of carbonyl (C=O) groups is 1. The van der Waals surface area contributed by atoms with Gasteiger partial charge < -0.3 is 10.4 Å². The normalized spacial score (nSPS) is 10.4. The number of hydrogen-bond donors (Lipinski definition) is 2. The molecule has 0 unspecified atom stereocenters. The lowest BCUT2D eigenvalue weighted by atomic mass is 10.1. The van der Waals surface area contributed by atoms with Gasteiger partial charge in [-0.2, -0.15) is 0 Å². The fourth-order valence-electron chi connectivity index (χ4n) is 1.08. The van der Waals surface area contributed by atoms with Gasteiger partial charge in [0.15, 0.2) is 0 Å². The summed E-state index contributed by atoms with van der Waals surface area (Å²) >= 11 is 0. The maximum Gasteiger partial charge on any atom is 0.255 e. The Morgan fingerprint density at radius 3 is 2.80 bits per heavy atom. The van der Waals surface area contributed by atoms with Crippen LogP contribution in [0.25, 0.3) is 0 Å². The van der Waals surface area contributed by atoms with Crippen LogP contribution in [0.1, 0.15) is 24.2 Å². The molecule has 0 spiro atoms. The minimum absolute atomic E-state index is 0.0318. The molecule has 1 rings (SSSR count). The molecule has 1 amide bonds. The molecule has 15 heavy (non-hydrogen) atoms. The molecule has 3 nitrogen and oxygen atoms in total. The van der Waals surface area contributed by atoms with E-state index in [0.717, 1.165) is 12.1 Å². The SMILES string of the molecule is CC(C)CNC(=O)c1cc(F)ccc1O. The van der Waals surface area contributed by atoms with Crippen LogP contribution in [0.2, 0.25) is 0 Å². The molecule has 1 aromatic rings. The number of rotatable bonds is 3. The van der Waals surface area contributed by atoms with Gasteiger partial charge in [0.05, 0.1) is 5.56 Å². The van der Waals surface area contributed by atoms with E-state index in [1.807, 2.05) is 13.8 Å². The third-order valence-electron chi connectivity index (χ3n) is 1.87. The molecule has 0 atom stereocenters. The molecule has 0 saturated carbocycles. The van der Waals surface area contributed by atoms with Crippen LogP contribution >= 0.6 is 0 Å². The molecule has 0 fully saturated rings. The van der Waals surface area contributed by atoms with Crippen LogP contribution in [0.3, 0.4) is 0 Å². The largest absolute Gasteiger partial charge is 0.507 e. The predicted octanol–water partition coefficient (Wildman–Crippen LogP) is 1.92. The molecule has 2 N–H and O–H groups in total. The van der Waals surface area contributed by atoms with E-state index in [1.165, 1.54) is 6.07 Å². The van der Waals surface area contributed by atoms with E-state index < -0.39 is 11.7 Å². The Labute approximate surface area is 87.9 Å².